The maximum Gasteiger partial charge on any atom is 0.254 e. The van der Waals surface area contributed by atoms with Gasteiger partial charge in [-0.15, -0.1) is 0 Å². The average molecular weight is 219 g/mol. The second kappa shape index (κ2) is 3.69. The van der Waals surface area contributed by atoms with Crippen LogP contribution in [-0.4, -0.2) is 68.5 Å². The number of thioether (sulfide) groups is 1. The summed E-state index contributed by atoms with van der Waals surface area (Å²) in [6, 6.07) is -0.348. The van der Waals surface area contributed by atoms with Crippen LogP contribution >= 0.6 is 11.8 Å². The third-order valence-electron chi connectivity index (χ3n) is 2.77. The molecule has 0 bridgehead atoms. The molecule has 0 radical (unpaired) electrons. The van der Waals surface area contributed by atoms with Gasteiger partial charge in [-0.25, -0.2) is 0 Å². The zero-order valence-corrected chi connectivity index (χ0v) is 8.35. The first-order valence-corrected chi connectivity index (χ1v) is 5.71. The van der Waals surface area contributed by atoms with Crippen molar-refractivity contribution in [2.24, 2.45) is 0 Å². The molecule has 2 saturated heterocycles. The summed E-state index contributed by atoms with van der Waals surface area (Å²) in [4.78, 5) is 13.0. The molecule has 14 heavy (non-hydrogen) atoms. The summed E-state index contributed by atoms with van der Waals surface area (Å²) in [5.74, 6) is 0.974. The van der Waals surface area contributed by atoms with Crippen LogP contribution in [0.15, 0.2) is 0 Å². The smallest absolute Gasteiger partial charge is 0.254 e. The maximum absolute atomic E-state index is 11.5. The third kappa shape index (κ3) is 1.42. The van der Waals surface area contributed by atoms with Gasteiger partial charge in [0.25, 0.3) is 5.91 Å². The minimum atomic E-state index is -1.47. The molecule has 0 unspecified atom stereocenters. The molecule has 0 aliphatic carbocycles. The predicted octanol–water partition coefficient (Wildman–Crippen LogP) is -1.97. The van der Waals surface area contributed by atoms with Crippen molar-refractivity contribution in [2.45, 2.75) is 24.4 Å². The van der Waals surface area contributed by atoms with Gasteiger partial charge in [0.2, 0.25) is 0 Å². The summed E-state index contributed by atoms with van der Waals surface area (Å²) in [5, 5.41) is 28.4. The van der Waals surface area contributed by atoms with E-state index in [1.54, 1.807) is 11.8 Å². The van der Waals surface area contributed by atoms with E-state index in [0.717, 1.165) is 5.75 Å². The van der Waals surface area contributed by atoms with Gasteiger partial charge in [0.1, 0.15) is 12.2 Å². The molecule has 2 fully saturated rings. The largest absolute Gasteiger partial charge is 0.388 e. The summed E-state index contributed by atoms with van der Waals surface area (Å²) in [6.45, 7) is 0.537. The van der Waals surface area contributed by atoms with Crippen molar-refractivity contribution in [3.05, 3.63) is 0 Å². The molecule has 6 heteroatoms. The standard InChI is InChI=1S/C8H13NO4S/c10-5-4-3-14-2-1-9(4)8(13)7(12)6(5)11/h4-7,10-12H,1-3H2/t4-,5-,6+,7-/m1/s1. The third-order valence-corrected chi connectivity index (χ3v) is 3.82. The number of hydrogen-bond donors (Lipinski definition) is 3. The van der Waals surface area contributed by atoms with Gasteiger partial charge in [-0.05, 0) is 0 Å². The molecule has 2 aliphatic rings. The maximum atomic E-state index is 11.5. The lowest BCUT2D eigenvalue weighted by Crippen LogP contribution is -2.66. The molecule has 0 saturated carbocycles. The number of carbonyl (C=O) groups excluding carboxylic acids is 1. The number of aliphatic hydroxyl groups is 3. The first kappa shape index (κ1) is 10.2. The highest BCUT2D eigenvalue weighted by Gasteiger charge is 2.47. The van der Waals surface area contributed by atoms with E-state index in [4.69, 9.17) is 0 Å². The lowest BCUT2D eigenvalue weighted by atomic mass is 9.94. The van der Waals surface area contributed by atoms with Crippen LogP contribution in [0.2, 0.25) is 0 Å². The topological polar surface area (TPSA) is 81.0 Å². The SMILES string of the molecule is O=C1[C@H](O)[C@@H](O)[C@H](O)[C@H]2CSCCN12. The Balaban J connectivity index is 2.21. The van der Waals surface area contributed by atoms with Crippen LogP contribution in [0.1, 0.15) is 0 Å². The van der Waals surface area contributed by atoms with E-state index in [-0.39, 0.29) is 6.04 Å². The normalized spacial score (nSPS) is 43.6. The average Bonchev–Trinajstić information content (AvgIpc) is 2.23. The van der Waals surface area contributed by atoms with Gasteiger partial charge < -0.3 is 20.2 Å². The van der Waals surface area contributed by atoms with Crippen molar-refractivity contribution < 1.29 is 20.1 Å². The molecule has 0 spiro atoms. The highest BCUT2D eigenvalue weighted by molar-refractivity contribution is 7.99. The summed E-state index contributed by atoms with van der Waals surface area (Å²) < 4.78 is 0. The van der Waals surface area contributed by atoms with Crippen molar-refractivity contribution in [1.29, 1.82) is 0 Å². The van der Waals surface area contributed by atoms with Gasteiger partial charge in [-0.3, -0.25) is 4.79 Å². The molecular weight excluding hydrogens is 206 g/mol. The lowest BCUT2D eigenvalue weighted by molar-refractivity contribution is -0.173. The highest BCUT2D eigenvalue weighted by atomic mass is 32.2. The van der Waals surface area contributed by atoms with Crippen molar-refractivity contribution in [1.82, 2.24) is 4.90 Å². The van der Waals surface area contributed by atoms with E-state index in [2.05, 4.69) is 0 Å². The van der Waals surface area contributed by atoms with E-state index < -0.39 is 24.2 Å². The van der Waals surface area contributed by atoms with E-state index in [0.29, 0.717) is 12.3 Å². The van der Waals surface area contributed by atoms with Crippen molar-refractivity contribution in [3.8, 4) is 0 Å². The molecule has 0 aromatic heterocycles. The molecule has 2 aliphatic heterocycles. The van der Waals surface area contributed by atoms with Crippen molar-refractivity contribution >= 4 is 17.7 Å². The molecule has 3 N–H and O–H groups in total. The molecule has 4 atom stereocenters. The Bertz CT molecular complexity index is 249. The number of nitrogens with zero attached hydrogens (tertiary/aromatic N) is 1. The molecule has 1 amide bonds. The predicted molar refractivity (Wildman–Crippen MR) is 50.8 cm³/mol. The van der Waals surface area contributed by atoms with E-state index in [1.165, 1.54) is 4.90 Å². The van der Waals surface area contributed by atoms with Crippen LogP contribution in [0.3, 0.4) is 0 Å². The van der Waals surface area contributed by atoms with Gasteiger partial charge in [0.15, 0.2) is 6.10 Å². The van der Waals surface area contributed by atoms with E-state index in [9.17, 15) is 20.1 Å². The Morgan fingerprint density at radius 1 is 1.29 bits per heavy atom. The molecule has 0 aromatic rings. The second-order valence-corrected chi connectivity index (χ2v) is 4.75. The van der Waals surface area contributed by atoms with Crippen LogP contribution in [0.25, 0.3) is 0 Å². The Kier molecular flexibility index (Phi) is 2.70. The number of amides is 1. The van der Waals surface area contributed by atoms with E-state index in [1.807, 2.05) is 0 Å². The fourth-order valence-corrected chi connectivity index (χ4v) is 3.02. The summed E-state index contributed by atoms with van der Waals surface area (Å²) >= 11 is 1.64. The van der Waals surface area contributed by atoms with Crippen molar-refractivity contribution in [2.75, 3.05) is 18.1 Å². The fraction of sp³-hybridized carbons (Fsp3) is 0.875. The molecule has 2 rings (SSSR count). The number of aliphatic hydroxyl groups excluding tert-OH is 3. The molecule has 5 nitrogen and oxygen atoms in total. The Morgan fingerprint density at radius 3 is 2.71 bits per heavy atom. The number of rotatable bonds is 0. The molecule has 0 aromatic carbocycles. The summed E-state index contributed by atoms with van der Waals surface area (Å²) in [7, 11) is 0. The monoisotopic (exact) mass is 219 g/mol. The van der Waals surface area contributed by atoms with Crippen LogP contribution in [0.4, 0.5) is 0 Å². The van der Waals surface area contributed by atoms with Gasteiger partial charge >= 0.3 is 0 Å². The molecule has 80 valence electrons. The zero-order chi connectivity index (χ0) is 10.3. The minimum Gasteiger partial charge on any atom is -0.388 e. The Hall–Kier alpha value is -0.300. The van der Waals surface area contributed by atoms with Gasteiger partial charge in [0, 0.05) is 18.1 Å². The van der Waals surface area contributed by atoms with Crippen LogP contribution in [0, 0.1) is 0 Å². The number of carbonyl (C=O) groups is 1. The zero-order valence-electron chi connectivity index (χ0n) is 7.54. The minimum absolute atomic E-state index is 0.348. The Morgan fingerprint density at radius 2 is 2.00 bits per heavy atom. The first-order chi connectivity index (χ1) is 6.63. The van der Waals surface area contributed by atoms with Crippen LogP contribution < -0.4 is 0 Å². The van der Waals surface area contributed by atoms with Gasteiger partial charge in [-0.2, -0.15) is 11.8 Å². The first-order valence-electron chi connectivity index (χ1n) is 4.55. The lowest BCUT2D eigenvalue weighted by Gasteiger charge is -2.45. The van der Waals surface area contributed by atoms with Crippen molar-refractivity contribution in [3.63, 3.8) is 0 Å². The quantitative estimate of drug-likeness (QED) is 0.440. The summed E-state index contributed by atoms with van der Waals surface area (Å²) in [5.41, 5.74) is 0. The second-order valence-electron chi connectivity index (χ2n) is 3.60. The molecular formula is C8H13NO4S. The van der Waals surface area contributed by atoms with Crippen LogP contribution in [0.5, 0.6) is 0 Å². The number of hydrogen-bond acceptors (Lipinski definition) is 5. The highest BCUT2D eigenvalue weighted by Crippen LogP contribution is 2.26. The number of fused-ring (bicyclic) bond motifs is 1. The van der Waals surface area contributed by atoms with Crippen LogP contribution in [-0.2, 0) is 4.79 Å². The Labute approximate surface area is 85.7 Å². The fourth-order valence-electron chi connectivity index (χ4n) is 1.91. The summed E-state index contributed by atoms with van der Waals surface area (Å²) in [6.07, 6.45) is -3.85. The number of piperidine rings is 1. The van der Waals surface area contributed by atoms with Gasteiger partial charge in [0.05, 0.1) is 6.04 Å². The van der Waals surface area contributed by atoms with E-state index >= 15 is 0 Å². The van der Waals surface area contributed by atoms with Gasteiger partial charge in [-0.1, -0.05) is 0 Å². The molecule has 2 heterocycles.